The number of carbonyl (C=O) groups is 1. The molecule has 0 saturated carbocycles. The summed E-state index contributed by atoms with van der Waals surface area (Å²) in [5.41, 5.74) is 4.14. The Morgan fingerprint density at radius 1 is 1.09 bits per heavy atom. The van der Waals surface area contributed by atoms with Crippen molar-refractivity contribution < 1.29 is 9.53 Å². The minimum absolute atomic E-state index is 0.0693. The maximum absolute atomic E-state index is 11.8. The van der Waals surface area contributed by atoms with Gasteiger partial charge in [0.2, 0.25) is 5.91 Å². The molecule has 33 heavy (non-hydrogen) atoms. The molecule has 0 spiro atoms. The average Bonchev–Trinajstić information content (AvgIpc) is 2.84. The number of aromatic nitrogens is 2. The Labute approximate surface area is 198 Å². The summed E-state index contributed by atoms with van der Waals surface area (Å²) in [6.07, 6.45) is 6.76. The van der Waals surface area contributed by atoms with Crippen LogP contribution in [0.1, 0.15) is 17.5 Å². The molecular weight excluding hydrogens is 434 g/mol. The number of carbonyl (C=O) groups excluding carboxylic acids is 1. The molecule has 1 saturated heterocycles. The van der Waals surface area contributed by atoms with Gasteiger partial charge in [-0.15, -0.1) is 0 Å². The number of rotatable bonds is 6. The van der Waals surface area contributed by atoms with E-state index in [2.05, 4.69) is 39.3 Å². The minimum atomic E-state index is 0.0693. The quantitative estimate of drug-likeness (QED) is 0.598. The molecule has 2 aliphatic rings. The van der Waals surface area contributed by atoms with Gasteiger partial charge < -0.3 is 19.9 Å². The summed E-state index contributed by atoms with van der Waals surface area (Å²) in [7, 11) is 2.15. The van der Waals surface area contributed by atoms with E-state index in [4.69, 9.17) is 9.72 Å². The number of nitrogens with one attached hydrogen (secondary N) is 1. The highest BCUT2D eigenvalue weighted by molar-refractivity contribution is 7.99. The second-order valence-electron chi connectivity index (χ2n) is 8.37. The van der Waals surface area contributed by atoms with Crippen LogP contribution in [0.25, 0.3) is 0 Å². The van der Waals surface area contributed by atoms with Gasteiger partial charge in [-0.3, -0.25) is 9.78 Å². The van der Waals surface area contributed by atoms with E-state index >= 15 is 0 Å². The number of benzene rings is 1. The van der Waals surface area contributed by atoms with Crippen molar-refractivity contribution in [3.8, 4) is 5.75 Å². The third kappa shape index (κ3) is 5.12. The van der Waals surface area contributed by atoms with Crippen LogP contribution in [0.4, 0.5) is 11.4 Å². The molecule has 0 unspecified atom stereocenters. The van der Waals surface area contributed by atoms with Crippen LogP contribution in [-0.4, -0.2) is 54.0 Å². The number of piperazine rings is 1. The molecule has 1 N–H and O–H groups in total. The van der Waals surface area contributed by atoms with E-state index in [9.17, 15) is 4.79 Å². The molecule has 2 aromatic heterocycles. The fourth-order valence-electron chi connectivity index (χ4n) is 4.08. The summed E-state index contributed by atoms with van der Waals surface area (Å²) in [4.78, 5) is 26.6. The molecule has 0 radical (unpaired) electrons. The fourth-order valence-corrected chi connectivity index (χ4v) is 5.09. The summed E-state index contributed by atoms with van der Waals surface area (Å²) >= 11 is 1.59. The van der Waals surface area contributed by atoms with E-state index in [1.165, 1.54) is 0 Å². The topological polar surface area (TPSA) is 70.6 Å². The molecule has 0 bridgehead atoms. The van der Waals surface area contributed by atoms with Gasteiger partial charge in [0, 0.05) is 67.2 Å². The zero-order valence-electron chi connectivity index (χ0n) is 18.7. The van der Waals surface area contributed by atoms with Gasteiger partial charge >= 0.3 is 0 Å². The van der Waals surface area contributed by atoms with E-state index in [1.807, 2.05) is 36.7 Å². The first-order valence-electron chi connectivity index (χ1n) is 11.2. The van der Waals surface area contributed by atoms with Crippen molar-refractivity contribution in [2.75, 3.05) is 43.4 Å². The SMILES string of the molecule is CN1CCN(c2cnc(Sc3cccc4c3CCC(=O)N4)c(OCc3cccnc3)c2)CC1. The van der Waals surface area contributed by atoms with Gasteiger partial charge in [0.25, 0.3) is 0 Å². The van der Waals surface area contributed by atoms with Gasteiger partial charge in [-0.25, -0.2) is 4.98 Å². The van der Waals surface area contributed by atoms with Crippen molar-refractivity contribution in [3.05, 3.63) is 66.1 Å². The zero-order valence-corrected chi connectivity index (χ0v) is 19.5. The summed E-state index contributed by atoms with van der Waals surface area (Å²) in [5, 5.41) is 3.80. The largest absolute Gasteiger partial charge is 0.486 e. The van der Waals surface area contributed by atoms with E-state index in [1.54, 1.807) is 18.0 Å². The van der Waals surface area contributed by atoms with Crippen molar-refractivity contribution in [1.29, 1.82) is 0 Å². The Bertz CT molecular complexity index is 1130. The highest BCUT2D eigenvalue weighted by Gasteiger charge is 2.21. The first-order chi connectivity index (χ1) is 16.2. The Morgan fingerprint density at radius 3 is 2.79 bits per heavy atom. The monoisotopic (exact) mass is 461 g/mol. The van der Waals surface area contributed by atoms with Crippen molar-refractivity contribution in [3.63, 3.8) is 0 Å². The summed E-state index contributed by atoms with van der Waals surface area (Å²) in [6.45, 7) is 4.43. The van der Waals surface area contributed by atoms with Gasteiger partial charge in [0.1, 0.15) is 11.6 Å². The van der Waals surface area contributed by atoms with Crippen LogP contribution in [0.15, 0.2) is 64.9 Å². The number of hydrogen-bond donors (Lipinski definition) is 1. The maximum atomic E-state index is 11.8. The normalized spacial score (nSPS) is 16.3. The molecule has 5 rings (SSSR count). The van der Waals surface area contributed by atoms with Crippen LogP contribution in [0, 0.1) is 0 Å². The van der Waals surface area contributed by atoms with Gasteiger partial charge in [-0.1, -0.05) is 23.9 Å². The van der Waals surface area contributed by atoms with Crippen molar-refractivity contribution >= 4 is 29.0 Å². The van der Waals surface area contributed by atoms with Gasteiger partial charge in [-0.2, -0.15) is 0 Å². The first kappa shape index (κ1) is 21.7. The fraction of sp³-hybridized carbons (Fsp3) is 0.320. The molecule has 8 heteroatoms. The Balaban J connectivity index is 1.43. The molecule has 1 aromatic carbocycles. The molecular formula is C25H27N5O2S. The maximum Gasteiger partial charge on any atom is 0.224 e. The van der Waals surface area contributed by atoms with Crippen LogP contribution < -0.4 is 15.0 Å². The Kier molecular flexibility index (Phi) is 6.46. The minimum Gasteiger partial charge on any atom is -0.486 e. The molecule has 170 valence electrons. The molecule has 0 aliphatic carbocycles. The number of anilines is 2. The molecule has 2 aliphatic heterocycles. The van der Waals surface area contributed by atoms with E-state index in [0.717, 1.165) is 70.8 Å². The van der Waals surface area contributed by atoms with Gasteiger partial charge in [-0.05, 0) is 37.2 Å². The lowest BCUT2D eigenvalue weighted by Gasteiger charge is -2.34. The van der Waals surface area contributed by atoms with Crippen molar-refractivity contribution in [2.24, 2.45) is 0 Å². The number of nitrogens with zero attached hydrogens (tertiary/aromatic N) is 4. The molecule has 1 amide bonds. The van der Waals surface area contributed by atoms with Crippen molar-refractivity contribution in [2.45, 2.75) is 29.4 Å². The third-order valence-corrected chi connectivity index (χ3v) is 7.11. The number of hydrogen-bond acceptors (Lipinski definition) is 7. The van der Waals surface area contributed by atoms with Crippen LogP contribution in [0.5, 0.6) is 5.75 Å². The van der Waals surface area contributed by atoms with Crippen LogP contribution in [-0.2, 0) is 17.8 Å². The average molecular weight is 462 g/mol. The number of ether oxygens (including phenoxy) is 1. The van der Waals surface area contributed by atoms with E-state index in [-0.39, 0.29) is 5.91 Å². The molecule has 1 fully saturated rings. The van der Waals surface area contributed by atoms with Crippen molar-refractivity contribution in [1.82, 2.24) is 14.9 Å². The summed E-state index contributed by atoms with van der Waals surface area (Å²) in [6, 6.07) is 12.0. The Hall–Kier alpha value is -3.10. The number of amides is 1. The summed E-state index contributed by atoms with van der Waals surface area (Å²) in [5.74, 6) is 0.831. The predicted octanol–water partition coefficient (Wildman–Crippen LogP) is 3.84. The Morgan fingerprint density at radius 2 is 1.97 bits per heavy atom. The number of pyridine rings is 2. The first-order valence-corrected chi connectivity index (χ1v) is 12.0. The summed E-state index contributed by atoms with van der Waals surface area (Å²) < 4.78 is 6.28. The molecule has 7 nitrogen and oxygen atoms in total. The van der Waals surface area contributed by atoms with Gasteiger partial charge in [0.15, 0.2) is 5.75 Å². The zero-order chi connectivity index (χ0) is 22.6. The highest BCUT2D eigenvalue weighted by Crippen LogP contribution is 2.40. The lowest BCUT2D eigenvalue weighted by atomic mass is 10.0. The second kappa shape index (κ2) is 9.80. The highest BCUT2D eigenvalue weighted by atomic mass is 32.2. The van der Waals surface area contributed by atoms with Gasteiger partial charge in [0.05, 0.1) is 11.9 Å². The third-order valence-electron chi connectivity index (χ3n) is 6.01. The number of fused-ring (bicyclic) bond motifs is 1. The van der Waals surface area contributed by atoms with Crippen LogP contribution in [0.3, 0.4) is 0 Å². The molecule has 0 atom stereocenters. The van der Waals surface area contributed by atoms with E-state index in [0.29, 0.717) is 13.0 Å². The van der Waals surface area contributed by atoms with Crippen LogP contribution >= 0.6 is 11.8 Å². The number of likely N-dealkylation sites (N-methyl/N-ethyl adjacent to an activating group) is 1. The lowest BCUT2D eigenvalue weighted by molar-refractivity contribution is -0.116. The van der Waals surface area contributed by atoms with Crippen LogP contribution in [0.2, 0.25) is 0 Å². The molecule has 4 heterocycles. The predicted molar refractivity (Wildman–Crippen MR) is 130 cm³/mol. The standard InChI is InChI=1S/C25H27N5O2S/c1-29-10-12-30(13-11-29)19-14-22(32-17-18-4-3-9-26-15-18)25(27-16-19)33-23-6-2-5-21-20(23)7-8-24(31)28-21/h2-6,9,14-16H,7-8,10-13,17H2,1H3,(H,28,31). The lowest BCUT2D eigenvalue weighted by Crippen LogP contribution is -2.44. The van der Waals surface area contributed by atoms with E-state index < -0.39 is 0 Å². The second-order valence-corrected chi connectivity index (χ2v) is 9.40. The smallest absolute Gasteiger partial charge is 0.224 e. The molecule has 3 aromatic rings.